The van der Waals surface area contributed by atoms with Crippen LogP contribution in [0.1, 0.15) is 23.5 Å². The molecule has 1 aliphatic rings. The zero-order valence-electron chi connectivity index (χ0n) is 15.9. The number of thioether (sulfide) groups is 2. The summed E-state index contributed by atoms with van der Waals surface area (Å²) >= 11 is 3.13. The van der Waals surface area contributed by atoms with E-state index in [4.69, 9.17) is 4.74 Å². The summed E-state index contributed by atoms with van der Waals surface area (Å²) < 4.78 is 5.74. The fourth-order valence-electron chi connectivity index (χ4n) is 2.99. The molecular formula is C22H22N2O2S2. The molecule has 0 aromatic heterocycles. The van der Waals surface area contributed by atoms with E-state index in [0.29, 0.717) is 29.4 Å². The molecule has 2 aromatic rings. The summed E-state index contributed by atoms with van der Waals surface area (Å²) in [5, 5.41) is 13.2. The van der Waals surface area contributed by atoms with Gasteiger partial charge in [0.05, 0.1) is 23.3 Å². The predicted molar refractivity (Wildman–Crippen MR) is 115 cm³/mol. The number of carbonyl (C=O) groups excluding carboxylic acids is 1. The third-order valence-corrected chi connectivity index (χ3v) is 6.22. The van der Waals surface area contributed by atoms with E-state index in [-0.39, 0.29) is 11.8 Å². The fourth-order valence-corrected chi connectivity index (χ4v) is 4.30. The molecule has 4 nitrogen and oxygen atoms in total. The van der Waals surface area contributed by atoms with Gasteiger partial charge in [0.1, 0.15) is 5.75 Å². The topological polar surface area (TPSA) is 62.1 Å². The molecule has 0 fully saturated rings. The van der Waals surface area contributed by atoms with Crippen molar-refractivity contribution in [3.8, 4) is 11.8 Å². The minimum atomic E-state index is -0.199. The lowest BCUT2D eigenvalue weighted by Crippen LogP contribution is -2.31. The van der Waals surface area contributed by atoms with Crippen LogP contribution in [0.15, 0.2) is 64.0 Å². The Morgan fingerprint density at radius 2 is 1.89 bits per heavy atom. The standard InChI is InChI=1S/C22H22N2O2S2/c1-15-3-7-17(8-4-15)26-11-12-28-22-20(14-23)19(13-21(25)24-22)16-5-9-18(27-2)10-6-16/h3-10,19H,11-13H2,1-2H3,(H,24,25)/t19-/m0/s1. The molecule has 144 valence electrons. The summed E-state index contributed by atoms with van der Waals surface area (Å²) in [5.41, 5.74) is 2.81. The Morgan fingerprint density at radius 3 is 2.54 bits per heavy atom. The number of nitrogens with zero attached hydrogens (tertiary/aromatic N) is 1. The minimum absolute atomic E-state index is 0.0557. The van der Waals surface area contributed by atoms with E-state index in [1.165, 1.54) is 17.3 Å². The Bertz CT molecular complexity index is 900. The first kappa shape index (κ1) is 20.4. The van der Waals surface area contributed by atoms with E-state index in [1.54, 1.807) is 11.8 Å². The Morgan fingerprint density at radius 1 is 1.18 bits per heavy atom. The van der Waals surface area contributed by atoms with Crippen LogP contribution in [-0.4, -0.2) is 24.5 Å². The second kappa shape index (κ2) is 9.72. The molecule has 0 unspecified atom stereocenters. The number of aryl methyl sites for hydroxylation is 1. The molecular weight excluding hydrogens is 388 g/mol. The van der Waals surface area contributed by atoms with Gasteiger partial charge in [0.15, 0.2) is 0 Å². The number of benzene rings is 2. The molecule has 0 radical (unpaired) electrons. The summed E-state index contributed by atoms with van der Waals surface area (Å²) in [5.74, 6) is 1.21. The Kier molecular flexibility index (Phi) is 7.07. The molecule has 2 aromatic carbocycles. The highest BCUT2D eigenvalue weighted by Gasteiger charge is 2.29. The van der Waals surface area contributed by atoms with Crippen LogP contribution in [0.3, 0.4) is 0 Å². The second-order valence-electron chi connectivity index (χ2n) is 6.44. The van der Waals surface area contributed by atoms with Gasteiger partial charge in [0.25, 0.3) is 0 Å². The molecule has 28 heavy (non-hydrogen) atoms. The van der Waals surface area contributed by atoms with Crippen LogP contribution in [0, 0.1) is 18.3 Å². The van der Waals surface area contributed by atoms with E-state index in [0.717, 1.165) is 16.2 Å². The zero-order valence-corrected chi connectivity index (χ0v) is 17.5. The second-order valence-corrected chi connectivity index (χ2v) is 8.43. The van der Waals surface area contributed by atoms with Crippen molar-refractivity contribution >= 4 is 29.4 Å². The van der Waals surface area contributed by atoms with Crippen LogP contribution in [0.5, 0.6) is 5.75 Å². The van der Waals surface area contributed by atoms with E-state index >= 15 is 0 Å². The third kappa shape index (κ3) is 5.12. The molecule has 0 spiro atoms. The number of hydrogen-bond donors (Lipinski definition) is 1. The third-order valence-electron chi connectivity index (χ3n) is 4.49. The SMILES string of the molecule is CSc1ccc([C@@H]2CC(=O)NC(SCCOc3ccc(C)cc3)=C2C#N)cc1. The Labute approximate surface area is 174 Å². The minimum Gasteiger partial charge on any atom is -0.493 e. The van der Waals surface area contributed by atoms with Gasteiger partial charge in [-0.1, -0.05) is 29.8 Å². The lowest BCUT2D eigenvalue weighted by molar-refractivity contribution is -0.120. The first-order valence-electron chi connectivity index (χ1n) is 9.01. The van der Waals surface area contributed by atoms with Crippen molar-refractivity contribution in [2.45, 2.75) is 24.2 Å². The van der Waals surface area contributed by atoms with Crippen molar-refractivity contribution in [1.82, 2.24) is 5.32 Å². The summed E-state index contributed by atoms with van der Waals surface area (Å²) in [7, 11) is 0. The van der Waals surface area contributed by atoms with Crippen molar-refractivity contribution < 1.29 is 9.53 Å². The molecule has 6 heteroatoms. The van der Waals surface area contributed by atoms with Crippen molar-refractivity contribution in [1.29, 1.82) is 5.26 Å². The maximum absolute atomic E-state index is 12.2. The van der Waals surface area contributed by atoms with Crippen molar-refractivity contribution in [2.75, 3.05) is 18.6 Å². The van der Waals surface area contributed by atoms with Gasteiger partial charge in [-0.3, -0.25) is 4.79 Å². The van der Waals surface area contributed by atoms with Gasteiger partial charge < -0.3 is 10.1 Å². The maximum atomic E-state index is 12.2. The van der Waals surface area contributed by atoms with E-state index in [2.05, 4.69) is 11.4 Å². The molecule has 0 bridgehead atoms. The van der Waals surface area contributed by atoms with Crippen LogP contribution in [0.25, 0.3) is 0 Å². The number of hydrogen-bond acceptors (Lipinski definition) is 5. The van der Waals surface area contributed by atoms with Crippen LogP contribution < -0.4 is 10.1 Å². The number of carbonyl (C=O) groups is 1. The molecule has 1 heterocycles. The summed E-state index contributed by atoms with van der Waals surface area (Å²) in [4.78, 5) is 13.4. The maximum Gasteiger partial charge on any atom is 0.225 e. The molecule has 0 aliphatic carbocycles. The molecule has 0 saturated heterocycles. The monoisotopic (exact) mass is 410 g/mol. The van der Waals surface area contributed by atoms with Gasteiger partial charge in [0.2, 0.25) is 5.91 Å². The average Bonchev–Trinajstić information content (AvgIpc) is 2.72. The summed E-state index contributed by atoms with van der Waals surface area (Å²) in [6.07, 6.45) is 2.32. The van der Waals surface area contributed by atoms with Gasteiger partial charge in [-0.2, -0.15) is 5.26 Å². The first-order chi connectivity index (χ1) is 13.6. The number of rotatable bonds is 7. The number of nitrogens with one attached hydrogen (secondary N) is 1. The van der Waals surface area contributed by atoms with Crippen molar-refractivity contribution in [3.05, 3.63) is 70.3 Å². The highest BCUT2D eigenvalue weighted by molar-refractivity contribution is 8.03. The highest BCUT2D eigenvalue weighted by Crippen LogP contribution is 2.36. The molecule has 1 aliphatic heterocycles. The quantitative estimate of drug-likeness (QED) is 0.521. The zero-order chi connectivity index (χ0) is 19.9. The van der Waals surface area contributed by atoms with Crippen molar-refractivity contribution in [2.24, 2.45) is 0 Å². The van der Waals surface area contributed by atoms with Gasteiger partial charge in [0, 0.05) is 23.0 Å². The van der Waals surface area contributed by atoms with Crippen LogP contribution in [-0.2, 0) is 4.79 Å². The normalized spacial score (nSPS) is 16.5. The molecule has 3 rings (SSSR count). The van der Waals surface area contributed by atoms with Crippen LogP contribution in [0.4, 0.5) is 0 Å². The number of ether oxygens (including phenoxy) is 1. The van der Waals surface area contributed by atoms with Crippen molar-refractivity contribution in [3.63, 3.8) is 0 Å². The van der Waals surface area contributed by atoms with Gasteiger partial charge >= 0.3 is 0 Å². The molecule has 1 amide bonds. The highest BCUT2D eigenvalue weighted by atomic mass is 32.2. The number of nitriles is 1. The molecule has 0 saturated carbocycles. The lowest BCUT2D eigenvalue weighted by atomic mass is 9.87. The van der Waals surface area contributed by atoms with Gasteiger partial charge in [-0.25, -0.2) is 0 Å². The van der Waals surface area contributed by atoms with E-state index in [9.17, 15) is 10.1 Å². The Balaban J connectivity index is 1.68. The smallest absolute Gasteiger partial charge is 0.225 e. The van der Waals surface area contributed by atoms with Gasteiger partial charge in [-0.05, 0) is 43.0 Å². The summed E-state index contributed by atoms with van der Waals surface area (Å²) in [6.45, 7) is 2.53. The largest absolute Gasteiger partial charge is 0.493 e. The van der Waals surface area contributed by atoms with Crippen LogP contribution in [0.2, 0.25) is 0 Å². The summed E-state index contributed by atoms with van der Waals surface area (Å²) in [6, 6.07) is 18.3. The van der Waals surface area contributed by atoms with Crippen LogP contribution >= 0.6 is 23.5 Å². The number of amides is 1. The average molecular weight is 411 g/mol. The molecule has 1 N–H and O–H groups in total. The van der Waals surface area contributed by atoms with Gasteiger partial charge in [-0.15, -0.1) is 23.5 Å². The fraction of sp³-hybridized carbons (Fsp3) is 0.273. The van der Waals surface area contributed by atoms with E-state index in [1.807, 2.05) is 61.7 Å². The Hall–Kier alpha value is -2.36. The predicted octanol–water partition coefficient (Wildman–Crippen LogP) is 4.87. The number of allylic oxidation sites excluding steroid dienone is 1. The lowest BCUT2D eigenvalue weighted by Gasteiger charge is -2.25. The first-order valence-corrected chi connectivity index (χ1v) is 11.2. The molecule has 1 atom stereocenters. The van der Waals surface area contributed by atoms with E-state index < -0.39 is 0 Å².